The molecule has 2 aromatic carbocycles. The Labute approximate surface area is 162 Å². The number of benzene rings is 2. The summed E-state index contributed by atoms with van der Waals surface area (Å²) in [6.45, 7) is 10.7. The van der Waals surface area contributed by atoms with Crippen molar-refractivity contribution in [3.63, 3.8) is 0 Å². The van der Waals surface area contributed by atoms with E-state index in [1.165, 1.54) is 44.7 Å². The Kier molecular flexibility index (Phi) is 4.57. The largest absolute Gasteiger partial charge is 0.341 e. The summed E-state index contributed by atoms with van der Waals surface area (Å²) in [6, 6.07) is 17.7. The van der Waals surface area contributed by atoms with Gasteiger partial charge in [0.15, 0.2) is 0 Å². The molecule has 2 heteroatoms. The number of rotatable bonds is 3. The molecule has 0 N–H and O–H groups in total. The van der Waals surface area contributed by atoms with Gasteiger partial charge < -0.3 is 4.90 Å². The van der Waals surface area contributed by atoms with E-state index < -0.39 is 0 Å². The lowest BCUT2D eigenvalue weighted by atomic mass is 10.0. The number of likely N-dealkylation sites (N-methyl/N-ethyl adjacent to an activating group) is 1. The van der Waals surface area contributed by atoms with Crippen LogP contribution in [0.25, 0.3) is 23.1 Å². The molecule has 0 atom stereocenters. The molecule has 0 aliphatic carbocycles. The van der Waals surface area contributed by atoms with Crippen LogP contribution in [0, 0.1) is 13.8 Å². The molecule has 0 saturated heterocycles. The zero-order valence-electron chi connectivity index (χ0n) is 16.7. The Morgan fingerprint density at radius 3 is 2.59 bits per heavy atom. The molecule has 0 spiro atoms. The number of nitrogens with zero attached hydrogens (tertiary/aromatic N) is 2. The Balaban J connectivity index is 1.87. The van der Waals surface area contributed by atoms with Gasteiger partial charge in [-0.2, -0.15) is 4.57 Å². The van der Waals surface area contributed by atoms with Gasteiger partial charge >= 0.3 is 0 Å². The first-order valence-corrected chi connectivity index (χ1v) is 9.82. The van der Waals surface area contributed by atoms with E-state index in [0.29, 0.717) is 0 Å². The molecule has 4 rings (SSSR count). The molecule has 0 unspecified atom stereocenters. The average molecular weight is 356 g/mol. The summed E-state index contributed by atoms with van der Waals surface area (Å²) in [5.74, 6) is 0. The summed E-state index contributed by atoms with van der Waals surface area (Å²) in [5.41, 5.74) is 9.02. The second-order valence-corrected chi connectivity index (χ2v) is 7.22. The van der Waals surface area contributed by atoms with Crippen LogP contribution in [0.3, 0.4) is 0 Å². The van der Waals surface area contributed by atoms with Gasteiger partial charge in [-0.1, -0.05) is 29.8 Å². The molecule has 0 amide bonds. The molecule has 1 aliphatic rings. The Bertz CT molecular complexity index is 1070. The lowest BCUT2D eigenvalue weighted by molar-refractivity contribution is -0.669. The molecule has 2 nitrogen and oxygen atoms in total. The molecule has 0 radical (unpaired) electrons. The lowest BCUT2D eigenvalue weighted by Gasteiger charge is -2.29. The zero-order chi connectivity index (χ0) is 19.0. The molecule has 27 heavy (non-hydrogen) atoms. The van der Waals surface area contributed by atoms with Crippen LogP contribution in [0.2, 0.25) is 0 Å². The minimum Gasteiger partial charge on any atom is -0.341 e. The van der Waals surface area contributed by atoms with Crippen LogP contribution >= 0.6 is 0 Å². The Morgan fingerprint density at radius 2 is 1.81 bits per heavy atom. The maximum atomic E-state index is 2.42. The number of para-hydroxylation sites is 1. The van der Waals surface area contributed by atoms with Crippen molar-refractivity contribution in [3.05, 3.63) is 82.7 Å². The number of allylic oxidation sites excluding steroid dienone is 1. The van der Waals surface area contributed by atoms with Crippen LogP contribution in [0.1, 0.15) is 36.2 Å². The first kappa shape index (κ1) is 17.5. The number of aromatic nitrogens is 1. The molecule has 136 valence electrons. The molecule has 3 aromatic rings. The predicted molar refractivity (Wildman–Crippen MR) is 116 cm³/mol. The van der Waals surface area contributed by atoms with Crippen LogP contribution in [0.4, 0.5) is 5.69 Å². The smallest absolute Gasteiger partial charge is 0.215 e. The summed E-state index contributed by atoms with van der Waals surface area (Å²) in [6.07, 6.45) is 6.80. The van der Waals surface area contributed by atoms with E-state index >= 15 is 0 Å². The van der Waals surface area contributed by atoms with Crippen LogP contribution in [0.5, 0.6) is 0 Å². The topological polar surface area (TPSA) is 7.12 Å². The van der Waals surface area contributed by atoms with E-state index in [1.807, 2.05) is 0 Å². The van der Waals surface area contributed by atoms with Gasteiger partial charge in [0.1, 0.15) is 6.54 Å². The molecule has 0 saturated carbocycles. The monoisotopic (exact) mass is 355 g/mol. The van der Waals surface area contributed by atoms with E-state index in [-0.39, 0.29) is 0 Å². The molecule has 1 aromatic heterocycles. The summed E-state index contributed by atoms with van der Waals surface area (Å²) < 4.78 is 2.42. The minimum atomic E-state index is 0.949. The first-order chi connectivity index (χ1) is 13.1. The number of hydrogen-bond acceptors (Lipinski definition) is 1. The van der Waals surface area contributed by atoms with Crippen LogP contribution < -0.4 is 9.47 Å². The van der Waals surface area contributed by atoms with Crippen LogP contribution in [-0.4, -0.2) is 6.54 Å². The second-order valence-electron chi connectivity index (χ2n) is 7.22. The van der Waals surface area contributed by atoms with Gasteiger partial charge in [-0.05, 0) is 63.6 Å². The molecule has 1 aliphatic heterocycles. The number of pyridine rings is 1. The third-order valence-electron chi connectivity index (χ3n) is 5.43. The Hall–Kier alpha value is -2.87. The third kappa shape index (κ3) is 3.06. The van der Waals surface area contributed by atoms with Gasteiger partial charge in [-0.25, -0.2) is 0 Å². The number of aryl methyl sites for hydroxylation is 3. The normalized spacial score (nSPS) is 14.8. The Morgan fingerprint density at radius 1 is 0.963 bits per heavy atom. The number of anilines is 1. The standard InChI is InChI=1S/C25H27N2/c1-5-26-22(14-12-21-16-18(3)10-15-24(21)26)17-23-13-11-20-9-7-8-19(4)25(20)27(23)6-2/h7-17H,5-6H2,1-4H3/q+1. The van der Waals surface area contributed by atoms with E-state index in [9.17, 15) is 0 Å². The van der Waals surface area contributed by atoms with E-state index in [4.69, 9.17) is 0 Å². The molecule has 2 heterocycles. The van der Waals surface area contributed by atoms with E-state index in [1.54, 1.807) is 0 Å². The van der Waals surface area contributed by atoms with Crippen molar-refractivity contribution in [2.75, 3.05) is 11.4 Å². The lowest BCUT2D eigenvalue weighted by Crippen LogP contribution is -2.37. The highest BCUT2D eigenvalue weighted by Crippen LogP contribution is 2.32. The van der Waals surface area contributed by atoms with Crippen molar-refractivity contribution in [1.29, 1.82) is 0 Å². The van der Waals surface area contributed by atoms with Crippen molar-refractivity contribution in [3.8, 4) is 0 Å². The highest BCUT2D eigenvalue weighted by molar-refractivity contribution is 5.82. The van der Waals surface area contributed by atoms with Crippen molar-refractivity contribution in [1.82, 2.24) is 0 Å². The summed E-state index contributed by atoms with van der Waals surface area (Å²) in [5, 5.41) is 1.30. The summed E-state index contributed by atoms with van der Waals surface area (Å²) in [7, 11) is 0. The average Bonchev–Trinajstić information content (AvgIpc) is 2.68. The van der Waals surface area contributed by atoms with Crippen molar-refractivity contribution in [2.45, 2.75) is 34.2 Å². The van der Waals surface area contributed by atoms with E-state index in [0.717, 1.165) is 13.1 Å². The van der Waals surface area contributed by atoms with Gasteiger partial charge in [0.2, 0.25) is 11.2 Å². The van der Waals surface area contributed by atoms with Crippen LogP contribution in [0.15, 0.2) is 60.3 Å². The predicted octanol–water partition coefficient (Wildman–Crippen LogP) is 5.66. The van der Waals surface area contributed by atoms with Crippen molar-refractivity contribution in [2.24, 2.45) is 0 Å². The van der Waals surface area contributed by atoms with Gasteiger partial charge in [-0.3, -0.25) is 0 Å². The third-order valence-corrected chi connectivity index (χ3v) is 5.43. The quantitative estimate of drug-likeness (QED) is 0.550. The highest BCUT2D eigenvalue weighted by Gasteiger charge is 2.19. The van der Waals surface area contributed by atoms with Gasteiger partial charge in [0.25, 0.3) is 0 Å². The zero-order valence-corrected chi connectivity index (χ0v) is 16.7. The summed E-state index contributed by atoms with van der Waals surface area (Å²) >= 11 is 0. The fraction of sp³-hybridized carbons (Fsp3) is 0.240. The minimum absolute atomic E-state index is 0.949. The fourth-order valence-electron chi connectivity index (χ4n) is 4.13. The van der Waals surface area contributed by atoms with Crippen molar-refractivity contribution >= 4 is 28.7 Å². The molecule has 0 fully saturated rings. The molecular weight excluding hydrogens is 328 g/mol. The number of hydrogen-bond donors (Lipinski definition) is 0. The van der Waals surface area contributed by atoms with Gasteiger partial charge in [0.05, 0.1) is 0 Å². The van der Waals surface area contributed by atoms with Gasteiger partial charge in [0, 0.05) is 41.0 Å². The number of fused-ring (bicyclic) bond motifs is 2. The van der Waals surface area contributed by atoms with E-state index in [2.05, 4.69) is 104 Å². The summed E-state index contributed by atoms with van der Waals surface area (Å²) in [4.78, 5) is 2.40. The maximum absolute atomic E-state index is 2.42. The molecular formula is C25H27N2+. The fourth-order valence-corrected chi connectivity index (χ4v) is 4.13. The second kappa shape index (κ2) is 7.03. The van der Waals surface area contributed by atoms with Crippen molar-refractivity contribution < 1.29 is 4.57 Å². The maximum Gasteiger partial charge on any atom is 0.215 e. The SMILES string of the molecule is CCN1/C(=C/c2ccc3cccc(C)c3[n+]2CC)C=Cc2cc(C)ccc21. The first-order valence-electron chi connectivity index (χ1n) is 9.82. The highest BCUT2D eigenvalue weighted by atomic mass is 15.1. The van der Waals surface area contributed by atoms with Gasteiger partial charge in [-0.15, -0.1) is 0 Å². The van der Waals surface area contributed by atoms with Crippen LogP contribution in [-0.2, 0) is 6.54 Å². The molecule has 0 bridgehead atoms.